The van der Waals surface area contributed by atoms with Crippen LogP contribution in [0.3, 0.4) is 0 Å². The van der Waals surface area contributed by atoms with E-state index in [1.54, 1.807) is 19.9 Å². The third kappa shape index (κ3) is 4.95. The Labute approximate surface area is 208 Å². The molecule has 11 nitrogen and oxygen atoms in total. The molecule has 0 amide bonds. The van der Waals surface area contributed by atoms with Gasteiger partial charge in [0.05, 0.1) is 21.0 Å². The maximum absolute atomic E-state index is 12.7. The number of anilines is 4. The van der Waals surface area contributed by atoms with E-state index in [0.717, 1.165) is 11.1 Å². The van der Waals surface area contributed by atoms with Gasteiger partial charge in [0, 0.05) is 29.9 Å². The van der Waals surface area contributed by atoms with Gasteiger partial charge in [-0.15, -0.1) is 0 Å². The molecular weight excluding hydrogens is 482 g/mol. The number of fused-ring (bicyclic) bond motifs is 1. The molecule has 0 aliphatic carbocycles. The fourth-order valence-electron chi connectivity index (χ4n) is 3.77. The van der Waals surface area contributed by atoms with Crippen molar-refractivity contribution in [1.82, 2.24) is 19.3 Å². The molecule has 2 aromatic carbocycles. The van der Waals surface area contributed by atoms with Gasteiger partial charge in [-0.25, -0.2) is 18.4 Å². The second-order valence-electron chi connectivity index (χ2n) is 7.87. The average Bonchev–Trinajstić information content (AvgIpc) is 2.85. The zero-order valence-corrected chi connectivity index (χ0v) is 20.8. The molecule has 0 saturated heterocycles. The summed E-state index contributed by atoms with van der Waals surface area (Å²) in [6.45, 7) is 6.11. The van der Waals surface area contributed by atoms with Crippen molar-refractivity contribution in [3.8, 4) is 0 Å². The number of hydrogen-bond acceptors (Lipinski definition) is 9. The van der Waals surface area contributed by atoms with Gasteiger partial charge in [0.1, 0.15) is 6.33 Å². The van der Waals surface area contributed by atoms with Crippen molar-refractivity contribution in [2.45, 2.75) is 25.7 Å². The zero-order chi connectivity index (χ0) is 25.9. The third-order valence-corrected chi connectivity index (χ3v) is 7.64. The molecule has 0 saturated carbocycles. The van der Waals surface area contributed by atoms with Gasteiger partial charge in [-0.1, -0.05) is 32.0 Å². The van der Waals surface area contributed by atoms with Crippen molar-refractivity contribution >= 4 is 49.6 Å². The minimum atomic E-state index is -3.62. The van der Waals surface area contributed by atoms with Crippen molar-refractivity contribution < 1.29 is 13.3 Å². The second kappa shape index (κ2) is 10.2. The molecule has 0 spiro atoms. The number of aromatic nitrogens is 3. The van der Waals surface area contributed by atoms with E-state index in [1.807, 2.05) is 31.2 Å². The lowest BCUT2D eigenvalue weighted by Gasteiger charge is -2.18. The number of nitrogens with zero attached hydrogens (tertiary/aromatic N) is 5. The minimum Gasteiger partial charge on any atom is -0.334 e. The number of hydrogen-bond donors (Lipinski definition) is 2. The van der Waals surface area contributed by atoms with Crippen LogP contribution in [-0.4, -0.2) is 45.7 Å². The van der Waals surface area contributed by atoms with Crippen LogP contribution in [0.5, 0.6) is 0 Å². The van der Waals surface area contributed by atoms with E-state index in [2.05, 4.69) is 25.6 Å². The zero-order valence-electron chi connectivity index (χ0n) is 20.0. The normalized spacial score (nSPS) is 11.6. The number of nitrogens with one attached hydrogen (secondary N) is 2. The van der Waals surface area contributed by atoms with Gasteiger partial charge in [0.2, 0.25) is 21.7 Å². The van der Waals surface area contributed by atoms with Crippen LogP contribution in [0.15, 0.2) is 65.8 Å². The Kier molecular flexibility index (Phi) is 7.08. The van der Waals surface area contributed by atoms with Crippen LogP contribution in [0.2, 0.25) is 0 Å². The highest BCUT2D eigenvalue weighted by molar-refractivity contribution is 7.89. The van der Waals surface area contributed by atoms with Crippen LogP contribution in [0.1, 0.15) is 19.5 Å². The lowest BCUT2D eigenvalue weighted by atomic mass is 10.1. The molecule has 0 unspecified atom stereocenters. The number of pyridine rings is 1. The van der Waals surface area contributed by atoms with Gasteiger partial charge in [-0.2, -0.15) is 4.31 Å². The van der Waals surface area contributed by atoms with Crippen molar-refractivity contribution in [1.29, 1.82) is 0 Å². The van der Waals surface area contributed by atoms with E-state index >= 15 is 0 Å². The molecule has 186 valence electrons. The van der Waals surface area contributed by atoms with Crippen molar-refractivity contribution in [3.05, 3.63) is 76.7 Å². The molecular formula is C24H25N7O4S. The molecule has 36 heavy (non-hydrogen) atoms. The minimum absolute atomic E-state index is 0.00552. The molecule has 0 bridgehead atoms. The smallest absolute Gasteiger partial charge is 0.334 e. The summed E-state index contributed by atoms with van der Waals surface area (Å²) < 4.78 is 26.8. The fourth-order valence-corrected chi connectivity index (χ4v) is 5.23. The van der Waals surface area contributed by atoms with Crippen LogP contribution in [0.4, 0.5) is 28.7 Å². The first-order chi connectivity index (χ1) is 17.2. The summed E-state index contributed by atoms with van der Waals surface area (Å²) in [6, 6.07) is 15.3. The van der Waals surface area contributed by atoms with E-state index in [9.17, 15) is 18.5 Å². The predicted molar refractivity (Wildman–Crippen MR) is 138 cm³/mol. The first-order valence-electron chi connectivity index (χ1n) is 11.2. The third-order valence-electron chi connectivity index (χ3n) is 5.58. The Morgan fingerprint density at radius 3 is 2.25 bits per heavy atom. The summed E-state index contributed by atoms with van der Waals surface area (Å²) in [5.41, 5.74) is 2.10. The first-order valence-corrected chi connectivity index (χ1v) is 12.7. The van der Waals surface area contributed by atoms with Gasteiger partial charge < -0.3 is 10.6 Å². The largest absolute Gasteiger partial charge is 0.353 e. The van der Waals surface area contributed by atoms with Crippen molar-refractivity contribution in [3.63, 3.8) is 0 Å². The number of para-hydroxylation sites is 1. The summed E-state index contributed by atoms with van der Waals surface area (Å²) >= 11 is 0. The molecule has 2 heterocycles. The number of nitro groups is 1. The van der Waals surface area contributed by atoms with Crippen LogP contribution in [0, 0.1) is 17.0 Å². The van der Waals surface area contributed by atoms with E-state index in [-0.39, 0.29) is 22.2 Å². The van der Waals surface area contributed by atoms with Crippen molar-refractivity contribution in [2.24, 2.45) is 0 Å². The maximum atomic E-state index is 12.7. The Morgan fingerprint density at radius 1 is 0.944 bits per heavy atom. The molecule has 4 rings (SSSR count). The number of rotatable bonds is 9. The molecule has 4 aromatic rings. The summed E-state index contributed by atoms with van der Waals surface area (Å²) in [6.07, 6.45) is 1.21. The molecule has 2 N–H and O–H groups in total. The second-order valence-corrected chi connectivity index (χ2v) is 9.81. The summed E-state index contributed by atoms with van der Waals surface area (Å²) in [4.78, 5) is 24.3. The van der Waals surface area contributed by atoms with Gasteiger partial charge in [0.25, 0.3) is 0 Å². The number of benzene rings is 2. The highest BCUT2D eigenvalue weighted by Crippen LogP contribution is 2.34. The van der Waals surface area contributed by atoms with Crippen LogP contribution >= 0.6 is 0 Å². The van der Waals surface area contributed by atoms with Gasteiger partial charge in [-0.05, 0) is 43.3 Å². The molecule has 0 aliphatic rings. The Balaban J connectivity index is 1.66. The van der Waals surface area contributed by atoms with E-state index in [0.29, 0.717) is 30.0 Å². The molecule has 0 fully saturated rings. The Hall–Kier alpha value is -4.16. The molecule has 0 atom stereocenters. The SMILES string of the molecule is CCN(CC)S(=O)(=O)c1ccc(Nc2ncnc(Nc3cccc4ccc(C)nc34)c2[N+](=O)[O-])cc1. The van der Waals surface area contributed by atoms with Gasteiger partial charge in [0.15, 0.2) is 0 Å². The van der Waals surface area contributed by atoms with Gasteiger partial charge >= 0.3 is 5.69 Å². The topological polar surface area (TPSA) is 143 Å². The lowest BCUT2D eigenvalue weighted by Crippen LogP contribution is -2.30. The Morgan fingerprint density at radius 2 is 1.61 bits per heavy atom. The number of sulfonamides is 1. The fraction of sp³-hybridized carbons (Fsp3) is 0.208. The maximum Gasteiger partial charge on any atom is 0.353 e. The summed E-state index contributed by atoms with van der Waals surface area (Å²) in [5, 5.41) is 18.8. The summed E-state index contributed by atoms with van der Waals surface area (Å²) in [7, 11) is -3.62. The highest BCUT2D eigenvalue weighted by Gasteiger charge is 2.25. The monoisotopic (exact) mass is 507 g/mol. The van der Waals surface area contributed by atoms with Gasteiger partial charge in [-0.3, -0.25) is 15.1 Å². The van der Waals surface area contributed by atoms with E-state index in [4.69, 9.17) is 0 Å². The summed E-state index contributed by atoms with van der Waals surface area (Å²) in [5.74, 6) is -0.0461. The van der Waals surface area contributed by atoms with Crippen LogP contribution in [-0.2, 0) is 10.0 Å². The quantitative estimate of drug-likeness (QED) is 0.242. The van der Waals surface area contributed by atoms with Crippen molar-refractivity contribution in [2.75, 3.05) is 23.7 Å². The molecule has 2 aromatic heterocycles. The lowest BCUT2D eigenvalue weighted by molar-refractivity contribution is -0.383. The molecule has 0 aliphatic heterocycles. The standard InChI is InChI=1S/C24H25N7O4S/c1-4-30(5-2)36(34,35)19-13-11-18(12-14-19)28-23-22(31(32)33)24(26-15-25-23)29-20-8-6-7-17-10-9-16(3)27-21(17)20/h6-15H,4-5H2,1-3H3,(H2,25,26,28,29). The van der Waals surface area contributed by atoms with Crippen LogP contribution < -0.4 is 10.6 Å². The average molecular weight is 508 g/mol. The van der Waals surface area contributed by atoms with Crippen LogP contribution in [0.25, 0.3) is 10.9 Å². The Bertz CT molecular complexity index is 1520. The predicted octanol–water partition coefficient (Wildman–Crippen LogP) is 4.76. The molecule has 12 heteroatoms. The number of aryl methyl sites for hydroxylation is 1. The van der Waals surface area contributed by atoms with E-state index < -0.39 is 14.9 Å². The van der Waals surface area contributed by atoms with E-state index in [1.165, 1.54) is 34.9 Å². The highest BCUT2D eigenvalue weighted by atomic mass is 32.2. The first kappa shape index (κ1) is 24.9. The molecule has 0 radical (unpaired) electrons.